The summed E-state index contributed by atoms with van der Waals surface area (Å²) in [5, 5.41) is -0.658. The van der Waals surface area contributed by atoms with Crippen LogP contribution in [-0.2, 0) is 10.8 Å². The van der Waals surface area contributed by atoms with Gasteiger partial charge in [0.2, 0.25) is 0 Å². The summed E-state index contributed by atoms with van der Waals surface area (Å²) in [5.74, 6) is 0.815. The Kier molecular flexibility index (Phi) is 6.36. The number of thioether (sulfide) groups is 1. The van der Waals surface area contributed by atoms with E-state index in [2.05, 4.69) is 15.0 Å². The minimum absolute atomic E-state index is 0.106. The van der Waals surface area contributed by atoms with Crippen LogP contribution in [0.15, 0.2) is 40.8 Å². The fourth-order valence-corrected chi connectivity index (χ4v) is 3.73. The Morgan fingerprint density at radius 2 is 2.03 bits per heavy atom. The Balaban J connectivity index is 1.97. The first-order chi connectivity index (χ1) is 13.7. The smallest absolute Gasteiger partial charge is 0.477 e. The maximum Gasteiger partial charge on any atom is 0.477 e. The molecule has 0 bridgehead atoms. The number of pyridine rings is 1. The van der Waals surface area contributed by atoms with Gasteiger partial charge in [-0.2, -0.15) is 13.2 Å². The van der Waals surface area contributed by atoms with E-state index in [0.717, 1.165) is 12.4 Å². The van der Waals surface area contributed by atoms with Crippen molar-refractivity contribution in [3.05, 3.63) is 30.9 Å². The Bertz CT molecular complexity index is 1040. The van der Waals surface area contributed by atoms with Gasteiger partial charge in [-0.05, 0) is 11.8 Å². The molecular weight excluding hydrogens is 439 g/mol. The molecule has 3 aromatic rings. The maximum atomic E-state index is 12.7. The second-order valence-electron chi connectivity index (χ2n) is 5.49. The summed E-state index contributed by atoms with van der Waals surface area (Å²) in [6.45, 7) is 1.11. The van der Waals surface area contributed by atoms with E-state index < -0.39 is 34.4 Å². The number of alkyl halides is 5. The molecule has 0 saturated carbocycles. The van der Waals surface area contributed by atoms with Crippen LogP contribution in [0.5, 0.6) is 5.75 Å². The zero-order valence-electron chi connectivity index (χ0n) is 14.7. The topological polar surface area (TPSA) is 69.4 Å². The molecule has 1 atom stereocenters. The number of halogens is 5. The maximum absolute atomic E-state index is 12.7. The van der Waals surface area contributed by atoms with Crippen LogP contribution < -0.4 is 4.74 Å². The molecule has 6 nitrogen and oxygen atoms in total. The fourth-order valence-electron chi connectivity index (χ4n) is 2.33. The highest BCUT2D eigenvalue weighted by molar-refractivity contribution is 7.99. The molecule has 1 unspecified atom stereocenters. The van der Waals surface area contributed by atoms with Crippen molar-refractivity contribution in [3.63, 3.8) is 0 Å². The predicted molar refractivity (Wildman–Crippen MR) is 96.6 cm³/mol. The average molecular weight is 452 g/mol. The standard InChI is InChI=1S/C16H13F5N4O2S2/c1-2-28-11-3-9(27-7-12(17)18)5-22-15(11)10-6-25-8-23-14(4-13(25)24-10)29(26)16(19,20)21/h3-6,8,12H,2,7H2,1H3. The molecule has 0 fully saturated rings. The number of hydrogen-bond donors (Lipinski definition) is 0. The molecule has 0 aliphatic carbocycles. The molecule has 0 N–H and O–H groups in total. The van der Waals surface area contributed by atoms with Crippen LogP contribution in [0.2, 0.25) is 0 Å². The van der Waals surface area contributed by atoms with Crippen LogP contribution in [-0.4, -0.2) is 47.9 Å². The summed E-state index contributed by atoms with van der Waals surface area (Å²) in [6, 6.07) is 2.53. The number of hydrogen-bond acceptors (Lipinski definition) is 6. The van der Waals surface area contributed by atoms with Gasteiger partial charge in [-0.1, -0.05) is 6.92 Å². The molecule has 0 saturated heterocycles. The van der Waals surface area contributed by atoms with Gasteiger partial charge < -0.3 is 4.74 Å². The minimum atomic E-state index is -4.93. The molecule has 0 aliphatic heterocycles. The summed E-state index contributed by atoms with van der Waals surface area (Å²) in [7, 11) is -3.27. The normalized spacial score (nSPS) is 13.2. The lowest BCUT2D eigenvalue weighted by molar-refractivity contribution is -0.0386. The highest BCUT2D eigenvalue weighted by Crippen LogP contribution is 2.32. The van der Waals surface area contributed by atoms with Crippen LogP contribution >= 0.6 is 11.8 Å². The van der Waals surface area contributed by atoms with E-state index in [1.54, 1.807) is 6.07 Å². The SMILES string of the molecule is CCSc1cc(OCC(F)F)cnc1-c1cn2cnc(S(=O)C(F)(F)F)cc2n1. The van der Waals surface area contributed by atoms with Crippen LogP contribution in [0, 0.1) is 0 Å². The van der Waals surface area contributed by atoms with Crippen molar-refractivity contribution in [2.24, 2.45) is 0 Å². The van der Waals surface area contributed by atoms with Crippen molar-refractivity contribution in [1.82, 2.24) is 19.4 Å². The van der Waals surface area contributed by atoms with Gasteiger partial charge >= 0.3 is 5.51 Å². The van der Waals surface area contributed by atoms with Crippen LogP contribution in [0.4, 0.5) is 22.0 Å². The van der Waals surface area contributed by atoms with Gasteiger partial charge in [0, 0.05) is 17.2 Å². The Hall–Kier alpha value is -2.28. The van der Waals surface area contributed by atoms with Crippen LogP contribution in [0.1, 0.15) is 6.92 Å². The van der Waals surface area contributed by atoms with E-state index in [4.69, 9.17) is 4.74 Å². The molecule has 0 amide bonds. The molecular formula is C16H13F5N4O2S2. The summed E-state index contributed by atoms with van der Waals surface area (Å²) < 4.78 is 80.5. The zero-order valence-corrected chi connectivity index (χ0v) is 16.3. The number of ether oxygens (including phenoxy) is 1. The van der Waals surface area contributed by atoms with E-state index in [1.165, 1.54) is 28.6 Å². The van der Waals surface area contributed by atoms with Gasteiger partial charge in [0.1, 0.15) is 40.7 Å². The lowest BCUT2D eigenvalue weighted by atomic mass is 10.3. The summed E-state index contributed by atoms with van der Waals surface area (Å²) >= 11 is 1.37. The largest absolute Gasteiger partial charge is 0.486 e. The summed E-state index contributed by atoms with van der Waals surface area (Å²) in [5.41, 5.74) is -4.09. The highest BCUT2D eigenvalue weighted by Gasteiger charge is 2.39. The van der Waals surface area contributed by atoms with Crippen molar-refractivity contribution in [2.45, 2.75) is 28.8 Å². The van der Waals surface area contributed by atoms with Crippen molar-refractivity contribution < 1.29 is 30.9 Å². The second-order valence-corrected chi connectivity index (χ2v) is 8.21. The third kappa shape index (κ3) is 5.01. The molecule has 0 aliphatic rings. The average Bonchev–Trinajstić information content (AvgIpc) is 3.08. The number of nitrogens with zero attached hydrogens (tertiary/aromatic N) is 4. The van der Waals surface area contributed by atoms with E-state index in [1.807, 2.05) is 6.92 Å². The molecule has 0 aromatic carbocycles. The quantitative estimate of drug-likeness (QED) is 0.304. The second kappa shape index (κ2) is 8.61. The molecule has 3 aromatic heterocycles. The molecule has 0 radical (unpaired) electrons. The van der Waals surface area contributed by atoms with Gasteiger partial charge in [0.15, 0.2) is 10.8 Å². The Labute approximate surface area is 168 Å². The number of fused-ring (bicyclic) bond motifs is 1. The summed E-state index contributed by atoms with van der Waals surface area (Å²) in [6.07, 6.45) is 1.23. The van der Waals surface area contributed by atoms with E-state index in [-0.39, 0.29) is 11.4 Å². The zero-order chi connectivity index (χ0) is 21.2. The molecule has 13 heteroatoms. The summed E-state index contributed by atoms with van der Waals surface area (Å²) in [4.78, 5) is 12.6. The van der Waals surface area contributed by atoms with E-state index in [0.29, 0.717) is 22.0 Å². The fraction of sp³-hybridized carbons (Fsp3) is 0.312. The lowest BCUT2D eigenvalue weighted by Gasteiger charge is -2.09. The molecule has 0 spiro atoms. The number of rotatable bonds is 7. The number of aromatic nitrogens is 4. The molecule has 3 rings (SSSR count). The monoisotopic (exact) mass is 452 g/mol. The van der Waals surface area contributed by atoms with Gasteiger partial charge in [0.25, 0.3) is 6.43 Å². The lowest BCUT2D eigenvalue weighted by Crippen LogP contribution is -2.17. The van der Waals surface area contributed by atoms with E-state index in [9.17, 15) is 26.2 Å². The predicted octanol–water partition coefficient (Wildman–Crippen LogP) is 4.17. The van der Waals surface area contributed by atoms with Crippen molar-refractivity contribution in [2.75, 3.05) is 12.4 Å². The van der Waals surface area contributed by atoms with Gasteiger partial charge in [-0.15, -0.1) is 11.8 Å². The molecule has 3 heterocycles. The molecule has 29 heavy (non-hydrogen) atoms. The van der Waals surface area contributed by atoms with Gasteiger partial charge in [-0.25, -0.2) is 27.9 Å². The van der Waals surface area contributed by atoms with Crippen molar-refractivity contribution >= 4 is 28.2 Å². The Morgan fingerprint density at radius 1 is 1.28 bits per heavy atom. The van der Waals surface area contributed by atoms with Gasteiger partial charge in [-0.3, -0.25) is 4.40 Å². The van der Waals surface area contributed by atoms with E-state index >= 15 is 0 Å². The highest BCUT2D eigenvalue weighted by atomic mass is 32.2. The van der Waals surface area contributed by atoms with Gasteiger partial charge in [0.05, 0.1) is 6.20 Å². The Morgan fingerprint density at radius 3 is 2.69 bits per heavy atom. The number of imidazole rings is 1. The molecule has 156 valence electrons. The van der Waals surface area contributed by atoms with Crippen LogP contribution in [0.3, 0.4) is 0 Å². The van der Waals surface area contributed by atoms with Crippen molar-refractivity contribution in [3.8, 4) is 17.1 Å². The third-order valence-electron chi connectivity index (χ3n) is 3.47. The first-order valence-electron chi connectivity index (χ1n) is 8.06. The first kappa shape index (κ1) is 21.4. The van der Waals surface area contributed by atoms with Crippen molar-refractivity contribution in [1.29, 1.82) is 0 Å². The third-order valence-corrected chi connectivity index (χ3v) is 5.40. The van der Waals surface area contributed by atoms with Crippen LogP contribution in [0.25, 0.3) is 17.0 Å². The first-order valence-corrected chi connectivity index (χ1v) is 10.2. The minimum Gasteiger partial charge on any atom is -0.486 e.